The SMILES string of the molecule is C=C/C(=C\C)C(=C)/C(C1=C2CCCC2=CCC1)=C(\C)CC(N)C=C. The van der Waals surface area contributed by atoms with Gasteiger partial charge in [-0.15, -0.1) is 6.58 Å². The number of hydrogen-bond donors (Lipinski definition) is 1. The van der Waals surface area contributed by atoms with Gasteiger partial charge in [0.25, 0.3) is 0 Å². The molecule has 0 bridgehead atoms. The number of nitrogens with two attached hydrogens (primary N) is 1. The summed E-state index contributed by atoms with van der Waals surface area (Å²) in [5.41, 5.74) is 15.6. The molecule has 2 aliphatic rings. The predicted molar refractivity (Wildman–Crippen MR) is 107 cm³/mol. The zero-order chi connectivity index (χ0) is 17.7. The van der Waals surface area contributed by atoms with Crippen molar-refractivity contribution in [1.82, 2.24) is 0 Å². The standard InChI is InChI=1S/C23H31N/c1-6-18(7-2)17(5)23(16(4)15-20(24)8-3)22-14-10-12-19-11-9-13-21(19)22/h6-8,12,20H,1,3,5,9-11,13-15,24H2,2,4H3/b18-7+,23-16-. The van der Waals surface area contributed by atoms with Crippen LogP contribution in [0.2, 0.25) is 0 Å². The van der Waals surface area contributed by atoms with Crippen LogP contribution in [0.1, 0.15) is 52.4 Å². The number of fused-ring (bicyclic) bond motifs is 1. The third-order valence-electron chi connectivity index (χ3n) is 5.16. The van der Waals surface area contributed by atoms with E-state index in [1.165, 1.54) is 36.0 Å². The molecule has 2 N–H and O–H groups in total. The van der Waals surface area contributed by atoms with Crippen molar-refractivity contribution < 1.29 is 0 Å². The fraction of sp³-hybridized carbons (Fsp3) is 0.391. The third kappa shape index (κ3) is 3.79. The van der Waals surface area contributed by atoms with Crippen molar-refractivity contribution in [2.24, 2.45) is 5.73 Å². The van der Waals surface area contributed by atoms with E-state index in [-0.39, 0.29) is 6.04 Å². The van der Waals surface area contributed by atoms with Gasteiger partial charge in [0.15, 0.2) is 0 Å². The van der Waals surface area contributed by atoms with Crippen molar-refractivity contribution in [1.29, 1.82) is 0 Å². The molecule has 0 spiro atoms. The van der Waals surface area contributed by atoms with Crippen LogP contribution in [0.25, 0.3) is 0 Å². The minimum atomic E-state index is -0.0154. The second-order valence-electron chi connectivity index (χ2n) is 6.76. The molecule has 0 saturated heterocycles. The van der Waals surface area contributed by atoms with Gasteiger partial charge in [-0.05, 0) is 85.8 Å². The van der Waals surface area contributed by atoms with Crippen molar-refractivity contribution >= 4 is 0 Å². The minimum Gasteiger partial charge on any atom is -0.324 e. The third-order valence-corrected chi connectivity index (χ3v) is 5.16. The first kappa shape index (κ1) is 18.5. The zero-order valence-corrected chi connectivity index (χ0v) is 15.3. The molecule has 0 aromatic carbocycles. The first-order valence-electron chi connectivity index (χ1n) is 9.01. The molecule has 0 amide bonds. The Morgan fingerprint density at radius 2 is 2.04 bits per heavy atom. The average molecular weight is 322 g/mol. The van der Waals surface area contributed by atoms with Crippen LogP contribution in [0.3, 0.4) is 0 Å². The molecule has 0 heterocycles. The van der Waals surface area contributed by atoms with Crippen LogP contribution in [-0.4, -0.2) is 6.04 Å². The maximum absolute atomic E-state index is 6.15. The summed E-state index contributed by atoms with van der Waals surface area (Å²) in [4.78, 5) is 0. The molecule has 2 aliphatic carbocycles. The first-order chi connectivity index (χ1) is 11.5. The molecular formula is C23H31N. The van der Waals surface area contributed by atoms with Crippen molar-refractivity contribution in [3.8, 4) is 0 Å². The molecule has 1 nitrogen and oxygen atoms in total. The number of allylic oxidation sites excluding steroid dienone is 9. The van der Waals surface area contributed by atoms with Crippen LogP contribution in [0.4, 0.5) is 0 Å². The molecule has 0 radical (unpaired) electrons. The van der Waals surface area contributed by atoms with Crippen molar-refractivity contribution in [3.05, 3.63) is 83.1 Å². The maximum Gasteiger partial charge on any atom is 0.0259 e. The Morgan fingerprint density at radius 1 is 1.29 bits per heavy atom. The van der Waals surface area contributed by atoms with E-state index < -0.39 is 0 Å². The molecular weight excluding hydrogens is 290 g/mol. The van der Waals surface area contributed by atoms with Gasteiger partial charge < -0.3 is 5.73 Å². The lowest BCUT2D eigenvalue weighted by Crippen LogP contribution is -2.18. The highest BCUT2D eigenvalue weighted by Gasteiger charge is 2.25. The lowest BCUT2D eigenvalue weighted by Gasteiger charge is -2.25. The predicted octanol–water partition coefficient (Wildman–Crippen LogP) is 6.10. The molecule has 1 atom stereocenters. The van der Waals surface area contributed by atoms with Crippen LogP contribution < -0.4 is 5.73 Å². The van der Waals surface area contributed by atoms with Gasteiger partial charge >= 0.3 is 0 Å². The van der Waals surface area contributed by atoms with Gasteiger partial charge in [-0.2, -0.15) is 0 Å². The zero-order valence-electron chi connectivity index (χ0n) is 15.3. The second-order valence-corrected chi connectivity index (χ2v) is 6.76. The first-order valence-corrected chi connectivity index (χ1v) is 9.01. The second kappa shape index (κ2) is 8.30. The van der Waals surface area contributed by atoms with Gasteiger partial charge in [0.05, 0.1) is 0 Å². The maximum atomic E-state index is 6.15. The Bertz CT molecular complexity index is 664. The number of hydrogen-bond acceptors (Lipinski definition) is 1. The summed E-state index contributed by atoms with van der Waals surface area (Å²) < 4.78 is 0. The van der Waals surface area contributed by atoms with Crippen LogP contribution in [-0.2, 0) is 0 Å². The molecule has 24 heavy (non-hydrogen) atoms. The topological polar surface area (TPSA) is 26.0 Å². The van der Waals surface area contributed by atoms with Crippen molar-refractivity contribution in [2.75, 3.05) is 0 Å². The Labute approximate surface area is 147 Å². The molecule has 1 fully saturated rings. The summed E-state index contributed by atoms with van der Waals surface area (Å²) >= 11 is 0. The van der Waals surface area contributed by atoms with E-state index >= 15 is 0 Å². The van der Waals surface area contributed by atoms with Crippen LogP contribution in [0, 0.1) is 0 Å². The van der Waals surface area contributed by atoms with Crippen LogP contribution in [0.5, 0.6) is 0 Å². The smallest absolute Gasteiger partial charge is 0.0259 e. The molecule has 0 aliphatic heterocycles. The van der Waals surface area contributed by atoms with E-state index in [2.05, 4.69) is 38.8 Å². The van der Waals surface area contributed by atoms with Gasteiger partial charge in [0.2, 0.25) is 0 Å². The lowest BCUT2D eigenvalue weighted by molar-refractivity contribution is 0.792. The Kier molecular flexibility index (Phi) is 6.39. The molecule has 1 heteroatoms. The highest BCUT2D eigenvalue weighted by Crippen LogP contribution is 2.43. The molecule has 0 aromatic rings. The highest BCUT2D eigenvalue weighted by atomic mass is 14.6. The van der Waals surface area contributed by atoms with E-state index in [1.807, 2.05) is 19.1 Å². The van der Waals surface area contributed by atoms with Gasteiger partial charge in [0.1, 0.15) is 0 Å². The van der Waals surface area contributed by atoms with E-state index in [9.17, 15) is 0 Å². The lowest BCUT2D eigenvalue weighted by atomic mass is 9.80. The molecule has 1 saturated carbocycles. The van der Waals surface area contributed by atoms with Gasteiger partial charge in [-0.1, -0.05) is 43.0 Å². The summed E-state index contributed by atoms with van der Waals surface area (Å²) in [7, 11) is 0. The fourth-order valence-corrected chi connectivity index (χ4v) is 3.95. The van der Waals surface area contributed by atoms with Gasteiger partial charge in [-0.25, -0.2) is 0 Å². The summed E-state index contributed by atoms with van der Waals surface area (Å²) in [6.45, 7) is 16.5. The van der Waals surface area contributed by atoms with Crippen molar-refractivity contribution in [3.63, 3.8) is 0 Å². The minimum absolute atomic E-state index is 0.0154. The Hall–Kier alpha value is -1.86. The van der Waals surface area contributed by atoms with Gasteiger partial charge in [0, 0.05) is 6.04 Å². The van der Waals surface area contributed by atoms with E-state index in [0.29, 0.717) is 0 Å². The number of rotatable bonds is 7. The Morgan fingerprint density at radius 3 is 2.67 bits per heavy atom. The van der Waals surface area contributed by atoms with E-state index in [4.69, 9.17) is 5.73 Å². The molecule has 0 aromatic heterocycles. The normalized spacial score (nSPS) is 20.1. The van der Waals surface area contributed by atoms with Gasteiger partial charge in [-0.3, -0.25) is 0 Å². The molecule has 128 valence electrons. The van der Waals surface area contributed by atoms with Crippen molar-refractivity contribution in [2.45, 2.75) is 58.4 Å². The monoisotopic (exact) mass is 321 g/mol. The fourth-order valence-electron chi connectivity index (χ4n) is 3.95. The Balaban J connectivity index is 2.57. The average Bonchev–Trinajstić information content (AvgIpc) is 3.05. The van der Waals surface area contributed by atoms with E-state index in [0.717, 1.165) is 30.4 Å². The summed E-state index contributed by atoms with van der Waals surface area (Å²) in [6, 6.07) is -0.0154. The highest BCUT2D eigenvalue weighted by molar-refractivity contribution is 5.63. The molecule has 1 unspecified atom stereocenters. The quantitative estimate of drug-likeness (QED) is 0.445. The summed E-state index contributed by atoms with van der Waals surface area (Å²) in [5.74, 6) is 0. The molecule has 2 rings (SSSR count). The van der Waals surface area contributed by atoms with Crippen LogP contribution in [0.15, 0.2) is 83.1 Å². The summed E-state index contributed by atoms with van der Waals surface area (Å²) in [6.07, 6.45) is 15.0. The van der Waals surface area contributed by atoms with E-state index in [1.54, 1.807) is 11.1 Å². The largest absolute Gasteiger partial charge is 0.324 e. The summed E-state index contributed by atoms with van der Waals surface area (Å²) in [5, 5.41) is 0. The van der Waals surface area contributed by atoms with Crippen LogP contribution >= 0.6 is 0 Å².